The van der Waals surface area contributed by atoms with Crippen LogP contribution >= 0.6 is 0 Å². The summed E-state index contributed by atoms with van der Waals surface area (Å²) in [5.41, 5.74) is 0.588. The van der Waals surface area contributed by atoms with Crippen molar-refractivity contribution in [1.29, 1.82) is 0 Å². The fourth-order valence-corrected chi connectivity index (χ4v) is 6.25. The van der Waals surface area contributed by atoms with Crippen molar-refractivity contribution in [2.45, 2.75) is 53.9 Å². The highest BCUT2D eigenvalue weighted by atomic mass is 14.7. The van der Waals surface area contributed by atoms with Gasteiger partial charge >= 0.3 is 0 Å². The first-order chi connectivity index (χ1) is 7.44. The van der Waals surface area contributed by atoms with E-state index < -0.39 is 0 Å². The van der Waals surface area contributed by atoms with Crippen LogP contribution in [0.3, 0.4) is 0 Å². The van der Waals surface area contributed by atoms with Gasteiger partial charge in [0.15, 0.2) is 0 Å². The van der Waals surface area contributed by atoms with E-state index >= 15 is 0 Å². The van der Waals surface area contributed by atoms with Crippen molar-refractivity contribution in [3.63, 3.8) is 0 Å². The second kappa shape index (κ2) is 3.27. The first-order valence-electron chi connectivity index (χ1n) is 7.44. The van der Waals surface area contributed by atoms with Crippen molar-refractivity contribution < 1.29 is 0 Å². The Kier molecular flexibility index (Phi) is 2.27. The Morgan fingerprint density at radius 1 is 1.00 bits per heavy atom. The van der Waals surface area contributed by atoms with Crippen molar-refractivity contribution in [3.05, 3.63) is 0 Å². The van der Waals surface area contributed by atoms with Gasteiger partial charge in [-0.1, -0.05) is 34.6 Å². The molecular weight excluding hydrogens is 192 g/mol. The van der Waals surface area contributed by atoms with Crippen molar-refractivity contribution >= 4 is 0 Å². The molecule has 0 aromatic heterocycles. The minimum atomic E-state index is 0.588. The summed E-state index contributed by atoms with van der Waals surface area (Å²) in [7, 11) is 0. The Balaban J connectivity index is 1.99. The SMILES string of the molecule is CC(C)C1C2C3CCC(C3)C2C(C)C1(C)C. The van der Waals surface area contributed by atoms with E-state index in [0.29, 0.717) is 5.41 Å². The van der Waals surface area contributed by atoms with E-state index in [1.165, 1.54) is 0 Å². The molecule has 2 bridgehead atoms. The Labute approximate surface area is 101 Å². The lowest BCUT2D eigenvalue weighted by Crippen LogP contribution is -2.31. The highest BCUT2D eigenvalue weighted by Gasteiger charge is 2.62. The molecule has 3 aliphatic carbocycles. The van der Waals surface area contributed by atoms with Gasteiger partial charge in [-0.15, -0.1) is 0 Å². The van der Waals surface area contributed by atoms with Crippen LogP contribution in [0.2, 0.25) is 0 Å². The van der Waals surface area contributed by atoms with Gasteiger partial charge in [-0.3, -0.25) is 0 Å². The highest BCUT2D eigenvalue weighted by molar-refractivity contribution is 5.11. The molecule has 0 heteroatoms. The van der Waals surface area contributed by atoms with Crippen LogP contribution in [0, 0.1) is 46.8 Å². The molecule has 6 atom stereocenters. The quantitative estimate of drug-likeness (QED) is 0.606. The molecule has 0 aliphatic heterocycles. The average Bonchev–Trinajstić information content (AvgIpc) is 2.79. The second-order valence-electron chi connectivity index (χ2n) is 7.87. The van der Waals surface area contributed by atoms with Crippen LogP contribution in [-0.2, 0) is 0 Å². The zero-order valence-electron chi connectivity index (χ0n) is 11.7. The first-order valence-corrected chi connectivity index (χ1v) is 7.44. The Bertz CT molecular complexity index is 288. The fourth-order valence-electron chi connectivity index (χ4n) is 6.25. The molecular formula is C16H28. The standard InChI is InChI=1S/C16H28/c1-9(2)15-14-12-7-6-11(8-12)13(14)10(3)16(15,4)5/h9-15H,6-8H2,1-5H3. The third-order valence-electron chi connectivity index (χ3n) is 6.79. The Hall–Kier alpha value is 0. The van der Waals surface area contributed by atoms with Gasteiger partial charge < -0.3 is 0 Å². The molecule has 0 spiro atoms. The van der Waals surface area contributed by atoms with E-state index in [0.717, 1.165) is 41.4 Å². The molecule has 3 saturated carbocycles. The van der Waals surface area contributed by atoms with Gasteiger partial charge in [0.05, 0.1) is 0 Å². The summed E-state index contributed by atoms with van der Waals surface area (Å²) < 4.78 is 0. The van der Waals surface area contributed by atoms with Gasteiger partial charge in [0.1, 0.15) is 0 Å². The summed E-state index contributed by atoms with van der Waals surface area (Å²) in [5.74, 6) is 7.21. The number of fused-ring (bicyclic) bond motifs is 5. The number of hydrogen-bond acceptors (Lipinski definition) is 0. The average molecular weight is 220 g/mol. The molecule has 3 rings (SSSR count). The monoisotopic (exact) mass is 220 g/mol. The van der Waals surface area contributed by atoms with Crippen LogP contribution in [-0.4, -0.2) is 0 Å². The molecule has 0 nitrogen and oxygen atoms in total. The largest absolute Gasteiger partial charge is 0.0625 e. The lowest BCUT2D eigenvalue weighted by atomic mass is 9.67. The van der Waals surface area contributed by atoms with Crippen LogP contribution < -0.4 is 0 Å². The number of hydrogen-bond donors (Lipinski definition) is 0. The van der Waals surface area contributed by atoms with E-state index in [1.54, 1.807) is 19.3 Å². The number of rotatable bonds is 1. The summed E-state index contributed by atoms with van der Waals surface area (Å²) in [5, 5.41) is 0. The summed E-state index contributed by atoms with van der Waals surface area (Å²) in [4.78, 5) is 0. The molecule has 0 radical (unpaired) electrons. The van der Waals surface area contributed by atoms with E-state index in [9.17, 15) is 0 Å². The second-order valence-corrected chi connectivity index (χ2v) is 7.87. The zero-order valence-corrected chi connectivity index (χ0v) is 11.7. The van der Waals surface area contributed by atoms with Gasteiger partial charge in [-0.25, -0.2) is 0 Å². The lowest BCUT2D eigenvalue weighted by molar-refractivity contribution is 0.107. The lowest BCUT2D eigenvalue weighted by Gasteiger charge is -2.37. The van der Waals surface area contributed by atoms with Gasteiger partial charge in [-0.05, 0) is 66.1 Å². The van der Waals surface area contributed by atoms with E-state index in [1.807, 2.05) is 0 Å². The molecule has 0 aromatic carbocycles. The third-order valence-corrected chi connectivity index (χ3v) is 6.79. The summed E-state index contributed by atoms with van der Waals surface area (Å²) in [6.45, 7) is 12.6. The normalized spacial score (nSPS) is 53.6. The van der Waals surface area contributed by atoms with Gasteiger partial charge in [0.25, 0.3) is 0 Å². The molecule has 92 valence electrons. The maximum absolute atomic E-state index is 2.56. The Morgan fingerprint density at radius 2 is 1.56 bits per heavy atom. The molecule has 3 fully saturated rings. The van der Waals surface area contributed by atoms with Crippen LogP contribution in [0.4, 0.5) is 0 Å². The summed E-state index contributed by atoms with van der Waals surface area (Å²) >= 11 is 0. The van der Waals surface area contributed by atoms with Crippen LogP contribution in [0.1, 0.15) is 53.9 Å². The van der Waals surface area contributed by atoms with Crippen molar-refractivity contribution in [2.24, 2.45) is 46.8 Å². The molecule has 0 saturated heterocycles. The predicted molar refractivity (Wildman–Crippen MR) is 69.1 cm³/mol. The van der Waals surface area contributed by atoms with E-state index in [4.69, 9.17) is 0 Å². The maximum Gasteiger partial charge on any atom is -0.0292 e. The molecule has 0 aromatic rings. The predicted octanol–water partition coefficient (Wildman–Crippen LogP) is 4.60. The zero-order chi connectivity index (χ0) is 11.7. The molecule has 16 heavy (non-hydrogen) atoms. The van der Waals surface area contributed by atoms with Crippen LogP contribution in [0.25, 0.3) is 0 Å². The molecule has 3 aliphatic rings. The van der Waals surface area contributed by atoms with Gasteiger partial charge in [0, 0.05) is 0 Å². The molecule has 0 amide bonds. The topological polar surface area (TPSA) is 0 Å². The molecule has 0 heterocycles. The third kappa shape index (κ3) is 1.17. The minimum absolute atomic E-state index is 0.588. The minimum Gasteiger partial charge on any atom is -0.0625 e. The smallest absolute Gasteiger partial charge is 0.0292 e. The van der Waals surface area contributed by atoms with Gasteiger partial charge in [-0.2, -0.15) is 0 Å². The van der Waals surface area contributed by atoms with Gasteiger partial charge in [0.2, 0.25) is 0 Å². The summed E-state index contributed by atoms with van der Waals surface area (Å²) in [6, 6.07) is 0. The maximum atomic E-state index is 2.56. The highest BCUT2D eigenvalue weighted by Crippen LogP contribution is 2.69. The van der Waals surface area contributed by atoms with Crippen molar-refractivity contribution in [2.75, 3.05) is 0 Å². The molecule has 6 unspecified atom stereocenters. The summed E-state index contributed by atoms with van der Waals surface area (Å²) in [6.07, 6.45) is 4.69. The first kappa shape index (κ1) is 11.1. The fraction of sp³-hybridized carbons (Fsp3) is 1.00. The molecule has 0 N–H and O–H groups in total. The van der Waals surface area contributed by atoms with Crippen LogP contribution in [0.15, 0.2) is 0 Å². The van der Waals surface area contributed by atoms with E-state index in [-0.39, 0.29) is 0 Å². The van der Waals surface area contributed by atoms with Crippen LogP contribution in [0.5, 0.6) is 0 Å². The Morgan fingerprint density at radius 3 is 2.12 bits per heavy atom. The van der Waals surface area contributed by atoms with E-state index in [2.05, 4.69) is 34.6 Å². The van der Waals surface area contributed by atoms with Crippen molar-refractivity contribution in [1.82, 2.24) is 0 Å². The van der Waals surface area contributed by atoms with Crippen molar-refractivity contribution in [3.8, 4) is 0 Å².